The van der Waals surface area contributed by atoms with Crippen molar-refractivity contribution in [3.63, 3.8) is 0 Å². The van der Waals surface area contributed by atoms with Gasteiger partial charge in [-0.25, -0.2) is 9.78 Å². The lowest BCUT2D eigenvalue weighted by atomic mass is 9.96. The molecule has 0 N–H and O–H groups in total. The molecule has 28 heavy (non-hydrogen) atoms. The molecule has 10 heteroatoms. The summed E-state index contributed by atoms with van der Waals surface area (Å²) in [5, 5.41) is 2.24. The molecule has 0 amide bonds. The molecule has 0 radical (unpaired) electrons. The van der Waals surface area contributed by atoms with Crippen LogP contribution in [0.4, 0.5) is 0 Å². The summed E-state index contributed by atoms with van der Waals surface area (Å²) in [6.45, 7) is 4.99. The highest BCUT2D eigenvalue weighted by Gasteiger charge is 2.34. The topological polar surface area (TPSA) is 83.0 Å². The zero-order chi connectivity index (χ0) is 20.1. The summed E-state index contributed by atoms with van der Waals surface area (Å²) in [6, 6.07) is 0.132. The normalized spacial score (nSPS) is 20.5. The van der Waals surface area contributed by atoms with Gasteiger partial charge in [-0.2, -0.15) is 17.0 Å². The summed E-state index contributed by atoms with van der Waals surface area (Å²) >= 11 is 1.29. The van der Waals surface area contributed by atoms with Gasteiger partial charge >= 0.3 is 5.97 Å². The lowest BCUT2D eigenvalue weighted by molar-refractivity contribution is 0.0525. The Balaban J connectivity index is 1.52. The van der Waals surface area contributed by atoms with E-state index in [1.54, 1.807) is 22.6 Å². The molecule has 8 nitrogen and oxygen atoms in total. The first-order valence-corrected chi connectivity index (χ1v) is 12.3. The van der Waals surface area contributed by atoms with Crippen molar-refractivity contribution in [1.29, 1.82) is 0 Å². The van der Waals surface area contributed by atoms with Crippen LogP contribution in [-0.4, -0.2) is 78.8 Å². The number of thiazole rings is 1. The van der Waals surface area contributed by atoms with Crippen molar-refractivity contribution >= 4 is 27.5 Å². The Morgan fingerprint density at radius 3 is 2.57 bits per heavy atom. The molecule has 0 atom stereocenters. The largest absolute Gasteiger partial charge is 0.461 e. The molecule has 2 heterocycles. The van der Waals surface area contributed by atoms with E-state index in [9.17, 15) is 13.2 Å². The Kier molecular flexibility index (Phi) is 7.43. The molecule has 0 bridgehead atoms. The summed E-state index contributed by atoms with van der Waals surface area (Å²) in [7, 11) is -1.68. The number of rotatable bonds is 7. The van der Waals surface area contributed by atoms with Crippen molar-refractivity contribution in [3.05, 3.63) is 16.1 Å². The highest BCUT2D eigenvalue weighted by molar-refractivity contribution is 7.86. The van der Waals surface area contributed by atoms with E-state index in [1.807, 2.05) is 5.38 Å². The SMILES string of the molecule is CCOC(=O)c1nc(CN2CCN(S(=O)(=O)N(C)C3CCCCC3)CC2)cs1. The molecule has 2 fully saturated rings. The van der Waals surface area contributed by atoms with Crippen molar-refractivity contribution in [3.8, 4) is 0 Å². The van der Waals surface area contributed by atoms with Crippen LogP contribution in [0.2, 0.25) is 0 Å². The second-order valence-corrected chi connectivity index (χ2v) is 10.2. The van der Waals surface area contributed by atoms with Gasteiger partial charge in [-0.15, -0.1) is 11.3 Å². The molecule has 1 saturated heterocycles. The van der Waals surface area contributed by atoms with Crippen LogP contribution in [0.5, 0.6) is 0 Å². The minimum atomic E-state index is -3.41. The Morgan fingerprint density at radius 1 is 1.25 bits per heavy atom. The molecular weight excluding hydrogens is 400 g/mol. The maximum absolute atomic E-state index is 13.0. The molecule has 1 aromatic rings. The van der Waals surface area contributed by atoms with Crippen LogP contribution in [0.25, 0.3) is 0 Å². The fraction of sp³-hybridized carbons (Fsp3) is 0.778. The van der Waals surface area contributed by atoms with Gasteiger partial charge < -0.3 is 4.74 Å². The molecule has 1 aromatic heterocycles. The Morgan fingerprint density at radius 2 is 1.93 bits per heavy atom. The third kappa shape index (κ3) is 5.10. The highest BCUT2D eigenvalue weighted by Crippen LogP contribution is 2.25. The third-order valence-electron chi connectivity index (χ3n) is 5.50. The van der Waals surface area contributed by atoms with Crippen LogP contribution in [0.1, 0.15) is 54.5 Å². The predicted octanol–water partition coefficient (Wildman–Crippen LogP) is 1.95. The van der Waals surface area contributed by atoms with Gasteiger partial charge in [0.25, 0.3) is 10.2 Å². The summed E-state index contributed by atoms with van der Waals surface area (Å²) in [5.41, 5.74) is 0.823. The minimum Gasteiger partial charge on any atom is -0.461 e. The van der Waals surface area contributed by atoms with Crippen LogP contribution in [0.15, 0.2) is 5.38 Å². The number of hydrogen-bond donors (Lipinski definition) is 0. The number of carbonyl (C=O) groups is 1. The lowest BCUT2D eigenvalue weighted by Crippen LogP contribution is -2.54. The molecule has 3 rings (SSSR count). The molecule has 2 aliphatic rings. The van der Waals surface area contributed by atoms with Crippen molar-refractivity contribution in [2.75, 3.05) is 39.8 Å². The number of nitrogens with zero attached hydrogens (tertiary/aromatic N) is 4. The maximum atomic E-state index is 13.0. The molecule has 0 unspecified atom stereocenters. The van der Waals surface area contributed by atoms with Crippen molar-refractivity contribution in [2.24, 2.45) is 0 Å². The Labute approximate surface area is 171 Å². The molecular formula is C18H30N4O4S2. The smallest absolute Gasteiger partial charge is 0.367 e. The summed E-state index contributed by atoms with van der Waals surface area (Å²) < 4.78 is 34.1. The molecule has 0 aromatic carbocycles. The highest BCUT2D eigenvalue weighted by atomic mass is 32.2. The number of carbonyl (C=O) groups excluding carboxylic acids is 1. The predicted molar refractivity (Wildman–Crippen MR) is 108 cm³/mol. The van der Waals surface area contributed by atoms with Crippen molar-refractivity contribution in [1.82, 2.24) is 18.5 Å². The zero-order valence-corrected chi connectivity index (χ0v) is 18.3. The van der Waals surface area contributed by atoms with Gasteiger partial charge in [-0.1, -0.05) is 19.3 Å². The molecule has 0 spiro atoms. The molecule has 1 saturated carbocycles. The maximum Gasteiger partial charge on any atom is 0.367 e. The monoisotopic (exact) mass is 430 g/mol. The first kappa shape index (κ1) is 21.6. The molecule has 158 valence electrons. The van der Waals surface area contributed by atoms with E-state index in [0.717, 1.165) is 31.4 Å². The molecule has 1 aliphatic heterocycles. The van der Waals surface area contributed by atoms with Gasteiger partial charge in [-0.3, -0.25) is 4.90 Å². The number of piperazine rings is 1. The average Bonchev–Trinajstić information content (AvgIpc) is 3.17. The van der Waals surface area contributed by atoms with Gasteiger partial charge in [0, 0.05) is 51.2 Å². The summed E-state index contributed by atoms with van der Waals surface area (Å²) in [5.74, 6) is -0.389. The summed E-state index contributed by atoms with van der Waals surface area (Å²) in [4.78, 5) is 18.3. The second kappa shape index (κ2) is 9.62. The van der Waals surface area contributed by atoms with Crippen LogP contribution in [0.3, 0.4) is 0 Å². The van der Waals surface area contributed by atoms with Crippen molar-refractivity contribution < 1.29 is 17.9 Å². The number of aromatic nitrogens is 1. The first-order chi connectivity index (χ1) is 13.4. The quantitative estimate of drug-likeness (QED) is 0.615. The van der Waals surface area contributed by atoms with Gasteiger partial charge in [0.2, 0.25) is 5.01 Å². The Bertz CT molecular complexity index is 753. The fourth-order valence-electron chi connectivity index (χ4n) is 3.83. The van der Waals surface area contributed by atoms with Crippen LogP contribution >= 0.6 is 11.3 Å². The first-order valence-electron chi connectivity index (χ1n) is 9.98. The van der Waals surface area contributed by atoms with E-state index >= 15 is 0 Å². The zero-order valence-electron chi connectivity index (χ0n) is 16.7. The van der Waals surface area contributed by atoms with Crippen LogP contribution < -0.4 is 0 Å². The number of esters is 1. The van der Waals surface area contributed by atoms with E-state index in [4.69, 9.17) is 4.74 Å². The van der Waals surface area contributed by atoms with E-state index in [2.05, 4.69) is 9.88 Å². The van der Waals surface area contributed by atoms with E-state index in [-0.39, 0.29) is 12.0 Å². The average molecular weight is 431 g/mol. The van der Waals surface area contributed by atoms with Gasteiger partial charge in [0.05, 0.1) is 12.3 Å². The van der Waals surface area contributed by atoms with Crippen LogP contribution in [-0.2, 0) is 21.5 Å². The van der Waals surface area contributed by atoms with E-state index in [0.29, 0.717) is 44.3 Å². The second-order valence-electron chi connectivity index (χ2n) is 7.36. The van der Waals surface area contributed by atoms with Crippen molar-refractivity contribution in [2.45, 2.75) is 51.6 Å². The Hall–Kier alpha value is -1.07. The van der Waals surface area contributed by atoms with E-state index < -0.39 is 10.2 Å². The third-order valence-corrected chi connectivity index (χ3v) is 8.41. The van der Waals surface area contributed by atoms with Gasteiger partial charge in [0.1, 0.15) is 0 Å². The van der Waals surface area contributed by atoms with E-state index in [1.165, 1.54) is 17.8 Å². The summed E-state index contributed by atoms with van der Waals surface area (Å²) in [6.07, 6.45) is 5.35. The number of ether oxygens (including phenoxy) is 1. The standard InChI is InChI=1S/C18H30N4O4S2/c1-3-26-18(23)17-19-15(14-27-17)13-21-9-11-22(12-10-21)28(24,25)20(2)16-7-5-4-6-8-16/h14,16H,3-13H2,1-2H3. The minimum absolute atomic E-state index is 0.132. The fourth-order valence-corrected chi connectivity index (χ4v) is 6.11. The molecule has 1 aliphatic carbocycles. The number of hydrogen-bond acceptors (Lipinski definition) is 7. The van der Waals surface area contributed by atoms with Crippen LogP contribution in [0, 0.1) is 0 Å². The van der Waals surface area contributed by atoms with Gasteiger partial charge in [-0.05, 0) is 19.8 Å². The van der Waals surface area contributed by atoms with Gasteiger partial charge in [0.15, 0.2) is 0 Å². The lowest BCUT2D eigenvalue weighted by Gasteiger charge is -2.38.